The van der Waals surface area contributed by atoms with Gasteiger partial charge in [-0.05, 0) is 66.7 Å². The summed E-state index contributed by atoms with van der Waals surface area (Å²) in [6.45, 7) is 1.32. The minimum Gasteiger partial charge on any atom is -0.334 e. The highest BCUT2D eigenvalue weighted by Gasteiger charge is 2.19. The molecule has 0 saturated carbocycles. The molecule has 5 rings (SSSR count). The van der Waals surface area contributed by atoms with E-state index in [0.29, 0.717) is 28.1 Å². The van der Waals surface area contributed by atoms with Crippen LogP contribution < -0.4 is 15.4 Å². The molecule has 3 aromatic carbocycles. The standard InChI is InChI=1S/C28H20Cl2N6O5S/c1-16(37)32-25-10-8-21(14-24(25)30)42(39,40)36-20-6-2-4-17(12-20)28-34-26(35-41-28)22-9-7-19(13-23(22)29)33-27(38)18-5-3-11-31-15-18/h2-15,36H,1H3,(H,32,37)(H,33,38). The molecule has 11 nitrogen and oxygen atoms in total. The third-order valence-electron chi connectivity index (χ3n) is 5.74. The van der Waals surface area contributed by atoms with Gasteiger partial charge in [0.05, 0.1) is 26.2 Å². The van der Waals surface area contributed by atoms with Crippen molar-refractivity contribution in [3.8, 4) is 22.8 Å². The number of nitrogens with one attached hydrogen (secondary N) is 3. The summed E-state index contributed by atoms with van der Waals surface area (Å²) >= 11 is 12.6. The highest BCUT2D eigenvalue weighted by atomic mass is 35.5. The van der Waals surface area contributed by atoms with E-state index in [0.717, 1.165) is 0 Å². The molecule has 0 aliphatic heterocycles. The van der Waals surface area contributed by atoms with Crippen molar-refractivity contribution in [2.75, 3.05) is 15.4 Å². The largest absolute Gasteiger partial charge is 0.334 e. The Morgan fingerprint density at radius 3 is 2.43 bits per heavy atom. The van der Waals surface area contributed by atoms with Crippen molar-refractivity contribution in [3.63, 3.8) is 0 Å². The van der Waals surface area contributed by atoms with Gasteiger partial charge in [-0.1, -0.05) is 34.4 Å². The van der Waals surface area contributed by atoms with Crippen LogP contribution >= 0.6 is 23.2 Å². The van der Waals surface area contributed by atoms with Gasteiger partial charge in [-0.3, -0.25) is 19.3 Å². The topological polar surface area (TPSA) is 156 Å². The SMILES string of the molecule is CC(=O)Nc1ccc(S(=O)(=O)Nc2cccc(-c3nc(-c4ccc(NC(=O)c5cccnc5)cc4Cl)no3)c2)cc1Cl. The highest BCUT2D eigenvalue weighted by Crippen LogP contribution is 2.32. The average molecular weight is 623 g/mol. The number of carbonyl (C=O) groups excluding carboxylic acids is 2. The molecule has 5 aromatic rings. The lowest BCUT2D eigenvalue weighted by atomic mass is 10.1. The number of sulfonamides is 1. The van der Waals surface area contributed by atoms with Crippen LogP contribution in [0.3, 0.4) is 0 Å². The number of benzene rings is 3. The van der Waals surface area contributed by atoms with Crippen molar-refractivity contribution in [1.82, 2.24) is 15.1 Å². The van der Waals surface area contributed by atoms with E-state index in [1.807, 2.05) is 0 Å². The molecule has 0 fully saturated rings. The summed E-state index contributed by atoms with van der Waals surface area (Å²) in [5.74, 6) is -0.357. The molecule has 0 bridgehead atoms. The Hall–Kier alpha value is -4.78. The van der Waals surface area contributed by atoms with Crippen LogP contribution in [0.1, 0.15) is 17.3 Å². The van der Waals surface area contributed by atoms with Gasteiger partial charge in [-0.25, -0.2) is 8.42 Å². The van der Waals surface area contributed by atoms with Crippen LogP contribution in [0.4, 0.5) is 17.1 Å². The van der Waals surface area contributed by atoms with Gasteiger partial charge in [0.1, 0.15) is 0 Å². The molecular weight excluding hydrogens is 603 g/mol. The number of anilines is 3. The number of amides is 2. The van der Waals surface area contributed by atoms with E-state index in [9.17, 15) is 18.0 Å². The average Bonchev–Trinajstić information content (AvgIpc) is 3.44. The quantitative estimate of drug-likeness (QED) is 0.187. The Labute approximate surface area is 249 Å². The van der Waals surface area contributed by atoms with Crippen molar-refractivity contribution in [2.45, 2.75) is 11.8 Å². The zero-order valence-electron chi connectivity index (χ0n) is 21.6. The number of halogens is 2. The number of aromatic nitrogens is 3. The number of hydrogen-bond donors (Lipinski definition) is 3. The van der Waals surface area contributed by atoms with E-state index >= 15 is 0 Å². The Morgan fingerprint density at radius 2 is 1.71 bits per heavy atom. The van der Waals surface area contributed by atoms with Gasteiger partial charge in [0, 0.05) is 41.8 Å². The fourth-order valence-corrected chi connectivity index (χ4v) is 5.44. The first-order valence-electron chi connectivity index (χ1n) is 12.1. The van der Waals surface area contributed by atoms with Gasteiger partial charge in [-0.15, -0.1) is 0 Å². The van der Waals surface area contributed by atoms with E-state index in [1.165, 1.54) is 37.4 Å². The van der Waals surface area contributed by atoms with E-state index in [-0.39, 0.29) is 44.2 Å². The fourth-order valence-electron chi connectivity index (χ4n) is 3.81. The Balaban J connectivity index is 1.32. The molecule has 0 radical (unpaired) electrons. The molecule has 2 amide bonds. The number of rotatable bonds is 8. The van der Waals surface area contributed by atoms with Crippen LogP contribution in [0.2, 0.25) is 10.0 Å². The summed E-state index contributed by atoms with van der Waals surface area (Å²) in [5.41, 5.74) is 2.30. The molecule has 0 aliphatic rings. The molecule has 0 atom stereocenters. The first-order valence-corrected chi connectivity index (χ1v) is 14.4. The van der Waals surface area contributed by atoms with Gasteiger partial charge >= 0.3 is 0 Å². The Morgan fingerprint density at radius 1 is 0.881 bits per heavy atom. The zero-order valence-corrected chi connectivity index (χ0v) is 24.0. The molecular formula is C28H20Cl2N6O5S. The smallest absolute Gasteiger partial charge is 0.261 e. The monoisotopic (exact) mass is 622 g/mol. The summed E-state index contributed by atoms with van der Waals surface area (Å²) in [6, 6.07) is 18.5. The van der Waals surface area contributed by atoms with Crippen LogP contribution in [0.15, 0.2) is 94.6 Å². The van der Waals surface area contributed by atoms with Crippen molar-refractivity contribution in [3.05, 3.63) is 101 Å². The maximum absolute atomic E-state index is 13.0. The predicted octanol–water partition coefficient (Wildman–Crippen LogP) is 6.12. The first-order chi connectivity index (χ1) is 20.1. The maximum Gasteiger partial charge on any atom is 0.261 e. The lowest BCUT2D eigenvalue weighted by Gasteiger charge is -2.11. The summed E-state index contributed by atoms with van der Waals surface area (Å²) in [5, 5.41) is 9.62. The zero-order chi connectivity index (χ0) is 29.9. The molecule has 0 aliphatic carbocycles. The minimum atomic E-state index is -4.02. The predicted molar refractivity (Wildman–Crippen MR) is 159 cm³/mol. The Bertz CT molecular complexity index is 1920. The van der Waals surface area contributed by atoms with E-state index < -0.39 is 10.0 Å². The van der Waals surface area contributed by atoms with Gasteiger partial charge in [0.25, 0.3) is 21.8 Å². The fraction of sp³-hybridized carbons (Fsp3) is 0.0357. The van der Waals surface area contributed by atoms with Crippen molar-refractivity contribution in [2.24, 2.45) is 0 Å². The first kappa shape index (κ1) is 28.7. The van der Waals surface area contributed by atoms with E-state index in [2.05, 4.69) is 30.5 Å². The number of carbonyl (C=O) groups is 2. The molecule has 212 valence electrons. The molecule has 0 saturated heterocycles. The van der Waals surface area contributed by atoms with Crippen LogP contribution in [-0.4, -0.2) is 35.4 Å². The van der Waals surface area contributed by atoms with Crippen LogP contribution in [0.5, 0.6) is 0 Å². The van der Waals surface area contributed by atoms with E-state index in [4.69, 9.17) is 27.7 Å². The van der Waals surface area contributed by atoms with Gasteiger partial charge in [-0.2, -0.15) is 4.98 Å². The number of nitrogens with zero attached hydrogens (tertiary/aromatic N) is 3. The molecule has 2 aromatic heterocycles. The molecule has 14 heteroatoms. The molecule has 0 spiro atoms. The van der Waals surface area contributed by atoms with Gasteiger partial charge < -0.3 is 15.2 Å². The number of pyridine rings is 1. The Kier molecular flexibility index (Phi) is 8.20. The molecule has 2 heterocycles. The second-order valence-electron chi connectivity index (χ2n) is 8.82. The van der Waals surface area contributed by atoms with Gasteiger partial charge in [0.15, 0.2) is 0 Å². The van der Waals surface area contributed by atoms with Crippen LogP contribution in [-0.2, 0) is 14.8 Å². The molecule has 42 heavy (non-hydrogen) atoms. The van der Waals surface area contributed by atoms with Crippen LogP contribution in [0, 0.1) is 0 Å². The summed E-state index contributed by atoms with van der Waals surface area (Å²) in [7, 11) is -4.02. The maximum atomic E-state index is 13.0. The third kappa shape index (κ3) is 6.57. The van der Waals surface area contributed by atoms with E-state index in [1.54, 1.807) is 54.7 Å². The summed E-state index contributed by atoms with van der Waals surface area (Å²) in [4.78, 5) is 31.9. The van der Waals surface area contributed by atoms with Crippen LogP contribution in [0.25, 0.3) is 22.8 Å². The third-order valence-corrected chi connectivity index (χ3v) is 7.75. The number of hydrogen-bond acceptors (Lipinski definition) is 8. The van der Waals surface area contributed by atoms with Crippen molar-refractivity contribution in [1.29, 1.82) is 0 Å². The highest BCUT2D eigenvalue weighted by molar-refractivity contribution is 7.92. The normalized spacial score (nSPS) is 11.1. The van der Waals surface area contributed by atoms with Gasteiger partial charge in [0.2, 0.25) is 11.7 Å². The second-order valence-corrected chi connectivity index (χ2v) is 11.3. The lowest BCUT2D eigenvalue weighted by Crippen LogP contribution is -2.13. The molecule has 0 unspecified atom stereocenters. The van der Waals surface area contributed by atoms with Crippen molar-refractivity contribution < 1.29 is 22.5 Å². The summed E-state index contributed by atoms with van der Waals surface area (Å²) in [6.07, 6.45) is 3.03. The lowest BCUT2D eigenvalue weighted by molar-refractivity contribution is -0.114. The summed E-state index contributed by atoms with van der Waals surface area (Å²) < 4.78 is 33.9. The minimum absolute atomic E-state index is 0.0720. The van der Waals surface area contributed by atoms with Crippen molar-refractivity contribution >= 4 is 62.1 Å². The second kappa shape index (κ2) is 12.0. The molecule has 3 N–H and O–H groups in total.